The van der Waals surface area contributed by atoms with E-state index in [-0.39, 0.29) is 5.78 Å². The highest BCUT2D eigenvalue weighted by Gasteiger charge is 2.17. The Morgan fingerprint density at radius 2 is 2.00 bits per heavy atom. The van der Waals surface area contributed by atoms with Crippen LogP contribution in [-0.4, -0.2) is 11.8 Å². The molecule has 0 radical (unpaired) electrons. The van der Waals surface area contributed by atoms with Crippen LogP contribution in [-0.2, 0) is 6.42 Å². The third kappa shape index (κ3) is 2.53. The third-order valence-electron chi connectivity index (χ3n) is 2.10. The molecule has 0 fully saturated rings. The van der Waals surface area contributed by atoms with Gasteiger partial charge in [0.25, 0.3) is 0 Å². The Hall–Kier alpha value is -0.970. The van der Waals surface area contributed by atoms with Gasteiger partial charge in [-0.25, -0.2) is 0 Å². The highest BCUT2D eigenvalue weighted by Crippen LogP contribution is 2.15. The van der Waals surface area contributed by atoms with E-state index in [4.69, 9.17) is 5.73 Å². The largest absolute Gasteiger partial charge is 0.321 e. The Morgan fingerprint density at radius 3 is 2.60 bits per heavy atom. The first kappa shape index (κ1) is 10.5. The van der Waals surface area contributed by atoms with Crippen molar-refractivity contribution < 1.29 is 4.79 Å². The number of thiophene rings is 2. The lowest BCUT2D eigenvalue weighted by molar-refractivity contribution is 0.0965. The molecule has 0 aliphatic heterocycles. The molecule has 1 atom stereocenters. The van der Waals surface area contributed by atoms with Gasteiger partial charge in [0.05, 0.1) is 10.9 Å². The second-order valence-corrected chi connectivity index (χ2v) is 5.21. The maximum absolute atomic E-state index is 11.8. The fraction of sp³-hybridized carbons (Fsp3) is 0.182. The van der Waals surface area contributed by atoms with E-state index >= 15 is 0 Å². The number of ketones is 1. The summed E-state index contributed by atoms with van der Waals surface area (Å²) in [6.45, 7) is 0. The lowest BCUT2D eigenvalue weighted by Gasteiger charge is -2.07. The van der Waals surface area contributed by atoms with E-state index in [1.54, 1.807) is 11.3 Å². The molecule has 4 heteroatoms. The molecule has 1 unspecified atom stereocenters. The van der Waals surface area contributed by atoms with Gasteiger partial charge in [-0.2, -0.15) is 0 Å². The second-order valence-electron chi connectivity index (χ2n) is 3.23. The Bertz CT molecular complexity index is 419. The number of hydrogen-bond acceptors (Lipinski definition) is 4. The monoisotopic (exact) mass is 237 g/mol. The summed E-state index contributed by atoms with van der Waals surface area (Å²) in [6.07, 6.45) is 0.633. The predicted octanol–water partition coefficient (Wildman–Crippen LogP) is 2.56. The highest BCUT2D eigenvalue weighted by molar-refractivity contribution is 7.12. The molecule has 0 spiro atoms. The standard InChI is InChI=1S/C11H11NOS2/c12-9(7-8-3-1-5-14-8)11(13)10-4-2-6-15-10/h1-6,9H,7,12H2. The molecule has 0 saturated carbocycles. The average molecular weight is 237 g/mol. The quantitative estimate of drug-likeness (QED) is 0.830. The van der Waals surface area contributed by atoms with Crippen LogP contribution in [0.2, 0.25) is 0 Å². The van der Waals surface area contributed by atoms with Gasteiger partial charge in [0, 0.05) is 11.3 Å². The van der Waals surface area contributed by atoms with Gasteiger partial charge in [-0.3, -0.25) is 4.79 Å². The molecule has 2 rings (SSSR count). The van der Waals surface area contributed by atoms with Crippen molar-refractivity contribution in [1.29, 1.82) is 0 Å². The molecule has 2 nitrogen and oxygen atoms in total. The molecule has 78 valence electrons. The molecule has 2 aromatic rings. The average Bonchev–Trinajstić information content (AvgIpc) is 2.88. The van der Waals surface area contributed by atoms with Crippen LogP contribution in [0.25, 0.3) is 0 Å². The second kappa shape index (κ2) is 4.70. The van der Waals surface area contributed by atoms with Crippen molar-refractivity contribution >= 4 is 28.5 Å². The van der Waals surface area contributed by atoms with Crippen LogP contribution >= 0.6 is 22.7 Å². The number of carbonyl (C=O) groups is 1. The molecule has 0 aliphatic carbocycles. The van der Waals surface area contributed by atoms with Crippen LogP contribution in [0.3, 0.4) is 0 Å². The van der Waals surface area contributed by atoms with Crippen molar-refractivity contribution in [3.8, 4) is 0 Å². The first-order valence-electron chi connectivity index (χ1n) is 4.63. The van der Waals surface area contributed by atoms with Gasteiger partial charge in [-0.1, -0.05) is 12.1 Å². The zero-order valence-electron chi connectivity index (χ0n) is 8.05. The SMILES string of the molecule is NC(Cc1cccs1)C(=O)c1cccs1. The number of hydrogen-bond donors (Lipinski definition) is 1. The van der Waals surface area contributed by atoms with Crippen molar-refractivity contribution in [1.82, 2.24) is 0 Å². The lowest BCUT2D eigenvalue weighted by Crippen LogP contribution is -2.31. The van der Waals surface area contributed by atoms with E-state index < -0.39 is 6.04 Å². The predicted molar refractivity (Wildman–Crippen MR) is 64.6 cm³/mol. The minimum absolute atomic E-state index is 0.0402. The van der Waals surface area contributed by atoms with Crippen molar-refractivity contribution in [2.75, 3.05) is 0 Å². The molecular weight excluding hydrogens is 226 g/mol. The van der Waals surface area contributed by atoms with Crippen molar-refractivity contribution in [3.63, 3.8) is 0 Å². The highest BCUT2D eigenvalue weighted by atomic mass is 32.1. The lowest BCUT2D eigenvalue weighted by atomic mass is 10.1. The first-order valence-corrected chi connectivity index (χ1v) is 6.39. The van der Waals surface area contributed by atoms with Gasteiger partial charge in [-0.15, -0.1) is 22.7 Å². The summed E-state index contributed by atoms with van der Waals surface area (Å²) < 4.78 is 0. The summed E-state index contributed by atoms with van der Waals surface area (Å²) in [7, 11) is 0. The van der Waals surface area contributed by atoms with Gasteiger partial charge >= 0.3 is 0 Å². The summed E-state index contributed by atoms with van der Waals surface area (Å²) in [5.41, 5.74) is 5.86. The van der Waals surface area contributed by atoms with E-state index in [0.717, 1.165) is 9.75 Å². The minimum atomic E-state index is -0.415. The maximum Gasteiger partial charge on any atom is 0.189 e. The Kier molecular flexibility index (Phi) is 3.30. The number of carbonyl (C=O) groups excluding carboxylic acids is 1. The van der Waals surface area contributed by atoms with Crippen LogP contribution in [0.5, 0.6) is 0 Å². The van der Waals surface area contributed by atoms with Crippen molar-refractivity contribution in [3.05, 3.63) is 44.8 Å². The topological polar surface area (TPSA) is 43.1 Å². The molecule has 0 aliphatic rings. The first-order chi connectivity index (χ1) is 7.27. The van der Waals surface area contributed by atoms with E-state index in [1.807, 2.05) is 35.0 Å². The summed E-state index contributed by atoms with van der Waals surface area (Å²) >= 11 is 3.08. The molecule has 2 N–H and O–H groups in total. The number of Topliss-reactive ketones (excluding diaryl/α,β-unsaturated/α-hetero) is 1. The zero-order chi connectivity index (χ0) is 10.7. The van der Waals surface area contributed by atoms with Crippen LogP contribution < -0.4 is 5.73 Å². The van der Waals surface area contributed by atoms with Gasteiger partial charge in [0.2, 0.25) is 0 Å². The van der Waals surface area contributed by atoms with Crippen molar-refractivity contribution in [2.24, 2.45) is 5.73 Å². The number of rotatable bonds is 4. The van der Waals surface area contributed by atoms with Gasteiger partial charge < -0.3 is 5.73 Å². The van der Waals surface area contributed by atoms with E-state index in [2.05, 4.69) is 0 Å². The fourth-order valence-corrected chi connectivity index (χ4v) is 2.83. The van der Waals surface area contributed by atoms with E-state index in [9.17, 15) is 4.79 Å². The molecule has 0 amide bonds. The Labute approximate surface area is 96.4 Å². The van der Waals surface area contributed by atoms with Crippen LogP contribution in [0.15, 0.2) is 35.0 Å². The third-order valence-corrected chi connectivity index (χ3v) is 3.89. The maximum atomic E-state index is 11.8. The summed E-state index contributed by atoms with van der Waals surface area (Å²) in [5.74, 6) is 0.0402. The smallest absolute Gasteiger partial charge is 0.189 e. The van der Waals surface area contributed by atoms with Crippen LogP contribution in [0.4, 0.5) is 0 Å². The van der Waals surface area contributed by atoms with Gasteiger partial charge in [0.1, 0.15) is 0 Å². The number of nitrogens with two attached hydrogens (primary N) is 1. The summed E-state index contributed by atoms with van der Waals surface area (Å²) in [6, 6.07) is 7.26. The van der Waals surface area contributed by atoms with Crippen LogP contribution in [0, 0.1) is 0 Å². The van der Waals surface area contributed by atoms with Crippen molar-refractivity contribution in [2.45, 2.75) is 12.5 Å². The van der Waals surface area contributed by atoms with E-state index in [0.29, 0.717) is 6.42 Å². The molecule has 0 aromatic carbocycles. The molecule has 2 aromatic heterocycles. The molecule has 0 bridgehead atoms. The van der Waals surface area contributed by atoms with Gasteiger partial charge in [-0.05, 0) is 22.9 Å². The fourth-order valence-electron chi connectivity index (χ4n) is 1.34. The molecular formula is C11H11NOS2. The normalized spacial score (nSPS) is 12.6. The molecule has 0 saturated heterocycles. The molecule has 2 heterocycles. The summed E-state index contributed by atoms with van der Waals surface area (Å²) in [4.78, 5) is 13.7. The minimum Gasteiger partial charge on any atom is -0.321 e. The Balaban J connectivity index is 2.03. The Morgan fingerprint density at radius 1 is 1.27 bits per heavy atom. The molecule has 15 heavy (non-hydrogen) atoms. The van der Waals surface area contributed by atoms with E-state index in [1.165, 1.54) is 11.3 Å². The van der Waals surface area contributed by atoms with Crippen LogP contribution in [0.1, 0.15) is 14.5 Å². The summed E-state index contributed by atoms with van der Waals surface area (Å²) in [5, 5.41) is 3.89. The zero-order valence-corrected chi connectivity index (χ0v) is 9.68. The van der Waals surface area contributed by atoms with Gasteiger partial charge in [0.15, 0.2) is 5.78 Å².